The summed E-state index contributed by atoms with van der Waals surface area (Å²) in [4.78, 5) is 4.88. The molecule has 1 heterocycles. The molecule has 0 amide bonds. The quantitative estimate of drug-likeness (QED) is 0.793. The number of piperidine rings is 1. The maximum Gasteiger partial charge on any atom is 0.122 e. The van der Waals surface area contributed by atoms with E-state index >= 15 is 0 Å². The Balaban J connectivity index is 1.86. The first-order valence-corrected chi connectivity index (χ1v) is 8.41. The van der Waals surface area contributed by atoms with Crippen LogP contribution in [0, 0.1) is 0 Å². The monoisotopic (exact) mass is 322 g/mol. The number of benzene rings is 1. The van der Waals surface area contributed by atoms with E-state index in [1.807, 2.05) is 6.07 Å². The van der Waals surface area contributed by atoms with Crippen LogP contribution in [0.4, 0.5) is 0 Å². The Morgan fingerprint density at radius 3 is 2.26 bits per heavy atom. The molecule has 5 nitrogen and oxygen atoms in total. The summed E-state index contributed by atoms with van der Waals surface area (Å²) in [5.74, 6) is 1.69. The van der Waals surface area contributed by atoms with Gasteiger partial charge in [-0.15, -0.1) is 0 Å². The summed E-state index contributed by atoms with van der Waals surface area (Å²) < 4.78 is 10.7. The molecule has 0 bridgehead atoms. The molecule has 0 aromatic heterocycles. The molecule has 0 spiro atoms. The van der Waals surface area contributed by atoms with Crippen LogP contribution in [0.5, 0.6) is 11.5 Å². The molecule has 1 saturated heterocycles. The predicted molar refractivity (Wildman–Crippen MR) is 92.2 cm³/mol. The summed E-state index contributed by atoms with van der Waals surface area (Å²) in [5, 5.41) is 8.95. The molecule has 0 unspecified atom stereocenters. The van der Waals surface area contributed by atoms with E-state index < -0.39 is 0 Å². The van der Waals surface area contributed by atoms with Gasteiger partial charge in [0.15, 0.2) is 0 Å². The minimum atomic E-state index is 0.279. The normalized spacial score (nSPS) is 16.7. The molecule has 0 saturated carbocycles. The third-order valence-corrected chi connectivity index (χ3v) is 4.67. The molecule has 130 valence electrons. The van der Waals surface area contributed by atoms with Crippen LogP contribution in [0.25, 0.3) is 0 Å². The van der Waals surface area contributed by atoms with Gasteiger partial charge < -0.3 is 19.5 Å². The smallest absolute Gasteiger partial charge is 0.122 e. The summed E-state index contributed by atoms with van der Waals surface area (Å²) in [6.07, 6.45) is 3.23. The van der Waals surface area contributed by atoms with Crippen LogP contribution in [-0.4, -0.2) is 68.5 Å². The van der Waals surface area contributed by atoms with Crippen molar-refractivity contribution in [2.75, 3.05) is 47.5 Å². The fourth-order valence-electron chi connectivity index (χ4n) is 3.24. The van der Waals surface area contributed by atoms with Gasteiger partial charge in [-0.3, -0.25) is 4.90 Å². The molecular weight excluding hydrogens is 292 g/mol. The Kier molecular flexibility index (Phi) is 7.15. The van der Waals surface area contributed by atoms with Gasteiger partial charge in [0.05, 0.1) is 14.2 Å². The molecule has 1 aliphatic heterocycles. The Hall–Kier alpha value is -1.30. The van der Waals surface area contributed by atoms with Gasteiger partial charge in [0.1, 0.15) is 11.5 Å². The van der Waals surface area contributed by atoms with Crippen molar-refractivity contribution in [1.29, 1.82) is 0 Å². The molecule has 1 aromatic rings. The van der Waals surface area contributed by atoms with Crippen molar-refractivity contribution in [2.45, 2.75) is 31.8 Å². The van der Waals surface area contributed by atoms with E-state index in [2.05, 4.69) is 29.0 Å². The van der Waals surface area contributed by atoms with Crippen LogP contribution in [0.1, 0.15) is 24.8 Å². The zero-order valence-electron chi connectivity index (χ0n) is 14.6. The second kappa shape index (κ2) is 9.11. The van der Waals surface area contributed by atoms with Gasteiger partial charge in [-0.25, -0.2) is 0 Å². The SMILES string of the molecule is COc1cc(CN2CCC(N(C)CCCO)CC2)cc(OC)c1. The van der Waals surface area contributed by atoms with Crippen LogP contribution < -0.4 is 9.47 Å². The molecule has 2 rings (SSSR count). The van der Waals surface area contributed by atoms with Gasteiger partial charge >= 0.3 is 0 Å². The second-order valence-corrected chi connectivity index (χ2v) is 6.29. The fraction of sp³-hybridized carbons (Fsp3) is 0.667. The van der Waals surface area contributed by atoms with Crippen molar-refractivity contribution in [1.82, 2.24) is 9.80 Å². The minimum Gasteiger partial charge on any atom is -0.497 e. The Labute approximate surface area is 139 Å². The van der Waals surface area contributed by atoms with Crippen molar-refractivity contribution < 1.29 is 14.6 Å². The fourth-order valence-corrected chi connectivity index (χ4v) is 3.24. The van der Waals surface area contributed by atoms with Crippen molar-refractivity contribution in [2.24, 2.45) is 0 Å². The lowest BCUT2D eigenvalue weighted by Crippen LogP contribution is -2.43. The number of methoxy groups -OCH3 is 2. The first-order chi connectivity index (χ1) is 11.2. The summed E-state index contributed by atoms with van der Waals surface area (Å²) in [6, 6.07) is 6.72. The molecule has 1 N–H and O–H groups in total. The molecule has 0 aliphatic carbocycles. The van der Waals surface area contributed by atoms with Crippen molar-refractivity contribution in [3.05, 3.63) is 23.8 Å². The number of nitrogens with zero attached hydrogens (tertiary/aromatic N) is 2. The Morgan fingerprint density at radius 2 is 1.74 bits per heavy atom. The topological polar surface area (TPSA) is 45.2 Å². The van der Waals surface area contributed by atoms with E-state index in [1.54, 1.807) is 14.2 Å². The zero-order valence-corrected chi connectivity index (χ0v) is 14.6. The average Bonchev–Trinajstić information content (AvgIpc) is 2.59. The van der Waals surface area contributed by atoms with Gasteiger partial charge in [0, 0.05) is 31.8 Å². The average molecular weight is 322 g/mol. The number of likely N-dealkylation sites (tertiary alicyclic amines) is 1. The van der Waals surface area contributed by atoms with Gasteiger partial charge in [-0.1, -0.05) is 0 Å². The lowest BCUT2D eigenvalue weighted by molar-refractivity contribution is 0.117. The highest BCUT2D eigenvalue weighted by Gasteiger charge is 2.22. The van der Waals surface area contributed by atoms with Crippen LogP contribution in [0.2, 0.25) is 0 Å². The largest absolute Gasteiger partial charge is 0.497 e. The summed E-state index contributed by atoms with van der Waals surface area (Å²) in [7, 11) is 5.54. The molecule has 0 radical (unpaired) electrons. The molecule has 23 heavy (non-hydrogen) atoms. The van der Waals surface area contributed by atoms with E-state index in [0.29, 0.717) is 6.04 Å². The highest BCUT2D eigenvalue weighted by Crippen LogP contribution is 2.25. The van der Waals surface area contributed by atoms with E-state index in [9.17, 15) is 0 Å². The molecule has 1 aromatic carbocycles. The summed E-state index contributed by atoms with van der Waals surface area (Å²) in [6.45, 7) is 4.40. The van der Waals surface area contributed by atoms with Crippen LogP contribution >= 0.6 is 0 Å². The van der Waals surface area contributed by atoms with Gasteiger partial charge in [-0.2, -0.15) is 0 Å². The van der Waals surface area contributed by atoms with Crippen LogP contribution in [-0.2, 0) is 6.54 Å². The minimum absolute atomic E-state index is 0.279. The Morgan fingerprint density at radius 1 is 1.13 bits per heavy atom. The number of aliphatic hydroxyl groups is 1. The molecule has 5 heteroatoms. The van der Waals surface area contributed by atoms with E-state index in [0.717, 1.165) is 44.1 Å². The maximum absolute atomic E-state index is 8.95. The van der Waals surface area contributed by atoms with Crippen LogP contribution in [0.15, 0.2) is 18.2 Å². The van der Waals surface area contributed by atoms with E-state index in [1.165, 1.54) is 18.4 Å². The third kappa shape index (κ3) is 5.37. The van der Waals surface area contributed by atoms with Crippen molar-refractivity contribution in [3.8, 4) is 11.5 Å². The maximum atomic E-state index is 8.95. The Bertz CT molecular complexity index is 451. The van der Waals surface area contributed by atoms with Crippen molar-refractivity contribution in [3.63, 3.8) is 0 Å². The van der Waals surface area contributed by atoms with Crippen molar-refractivity contribution >= 4 is 0 Å². The standard InChI is InChI=1S/C18H30N2O3/c1-19(7-4-10-21)16-5-8-20(9-6-16)14-15-11-17(22-2)13-18(12-15)23-3/h11-13,16,21H,4-10,14H2,1-3H3. The summed E-state index contributed by atoms with van der Waals surface area (Å²) in [5.41, 5.74) is 1.23. The predicted octanol–water partition coefficient (Wildman–Crippen LogP) is 1.98. The highest BCUT2D eigenvalue weighted by molar-refractivity contribution is 5.38. The van der Waals surface area contributed by atoms with E-state index in [4.69, 9.17) is 14.6 Å². The highest BCUT2D eigenvalue weighted by atomic mass is 16.5. The third-order valence-electron chi connectivity index (χ3n) is 4.67. The molecule has 1 aliphatic rings. The number of aliphatic hydroxyl groups excluding tert-OH is 1. The number of hydrogen-bond acceptors (Lipinski definition) is 5. The molecule has 1 fully saturated rings. The molecular formula is C18H30N2O3. The van der Waals surface area contributed by atoms with E-state index in [-0.39, 0.29) is 6.61 Å². The number of hydrogen-bond donors (Lipinski definition) is 1. The molecule has 0 atom stereocenters. The number of ether oxygens (including phenoxy) is 2. The first-order valence-electron chi connectivity index (χ1n) is 8.41. The first kappa shape index (κ1) is 18.0. The van der Waals surface area contributed by atoms with Gasteiger partial charge in [0.25, 0.3) is 0 Å². The zero-order chi connectivity index (χ0) is 16.7. The van der Waals surface area contributed by atoms with Crippen LogP contribution in [0.3, 0.4) is 0 Å². The number of rotatable bonds is 8. The lowest BCUT2D eigenvalue weighted by atomic mass is 10.0. The summed E-state index contributed by atoms with van der Waals surface area (Å²) >= 11 is 0. The second-order valence-electron chi connectivity index (χ2n) is 6.29. The lowest BCUT2D eigenvalue weighted by Gasteiger charge is -2.36. The van der Waals surface area contributed by atoms with Gasteiger partial charge in [0.2, 0.25) is 0 Å². The van der Waals surface area contributed by atoms with Gasteiger partial charge in [-0.05, 0) is 57.1 Å².